The number of aryl methyl sites for hydroxylation is 1. The summed E-state index contributed by atoms with van der Waals surface area (Å²) in [6.45, 7) is 1.81. The number of hydrogen-bond donors (Lipinski definition) is 2. The van der Waals surface area contributed by atoms with Gasteiger partial charge < -0.3 is 24.6 Å². The maximum absolute atomic E-state index is 13.4. The second-order valence-electron chi connectivity index (χ2n) is 8.45. The molecule has 0 spiro atoms. The molecule has 1 fully saturated rings. The lowest BCUT2D eigenvalue weighted by Crippen LogP contribution is -2.28. The summed E-state index contributed by atoms with van der Waals surface area (Å²) in [4.78, 5) is 29.3. The smallest absolute Gasteiger partial charge is 0.496 e. The number of anilines is 1. The highest BCUT2D eigenvalue weighted by Gasteiger charge is 2.53. The Morgan fingerprint density at radius 2 is 1.83 bits per heavy atom. The maximum atomic E-state index is 13.4. The van der Waals surface area contributed by atoms with E-state index in [2.05, 4.69) is 19.8 Å². The summed E-state index contributed by atoms with van der Waals surface area (Å²) in [5.41, 5.74) is 1.39. The van der Waals surface area contributed by atoms with Crippen molar-refractivity contribution in [3.63, 3.8) is 0 Å². The van der Waals surface area contributed by atoms with Crippen LogP contribution in [0.2, 0.25) is 0 Å². The van der Waals surface area contributed by atoms with Gasteiger partial charge in [0.2, 0.25) is 5.91 Å². The average Bonchev–Trinajstić information content (AvgIpc) is 3.57. The lowest BCUT2D eigenvalue weighted by atomic mass is 9.94. The van der Waals surface area contributed by atoms with Crippen molar-refractivity contribution in [2.45, 2.75) is 31.5 Å². The SMILES string of the molecule is COc1ccc(C(=O)O)cc1-c1nc(NC(=O)C2(c3ccc4c(c3)OC(F)(F)O4)CC2)ccc1C.[HH]. The lowest BCUT2D eigenvalue weighted by Gasteiger charge is -2.17. The van der Waals surface area contributed by atoms with E-state index in [4.69, 9.17) is 4.74 Å². The summed E-state index contributed by atoms with van der Waals surface area (Å²) in [6.07, 6.45) is -2.68. The van der Waals surface area contributed by atoms with Gasteiger partial charge in [-0.3, -0.25) is 4.79 Å². The number of carboxylic acids is 1. The van der Waals surface area contributed by atoms with Crippen molar-refractivity contribution in [2.75, 3.05) is 12.4 Å². The summed E-state index contributed by atoms with van der Waals surface area (Å²) >= 11 is 0. The Kier molecular flexibility index (Phi) is 5.12. The number of alkyl halides is 2. The van der Waals surface area contributed by atoms with Crippen molar-refractivity contribution < 1.29 is 39.1 Å². The minimum Gasteiger partial charge on any atom is -0.496 e. The van der Waals surface area contributed by atoms with Gasteiger partial charge in [-0.1, -0.05) is 12.1 Å². The predicted molar refractivity (Wildman–Crippen MR) is 122 cm³/mol. The number of rotatable bonds is 6. The Bertz CT molecular complexity index is 1380. The quantitative estimate of drug-likeness (QED) is 0.507. The van der Waals surface area contributed by atoms with E-state index < -0.39 is 17.7 Å². The molecule has 2 heterocycles. The third kappa shape index (κ3) is 4.01. The standard InChI is InChI=1S/C25H20F2N2O6.H2/c1-13-3-8-20(28-21(13)16-11-14(22(30)31)4-6-17(16)33-2)29-23(32)24(9-10-24)15-5-7-18-19(12-15)35-25(26,27)34-18;/h3-8,11-12H,9-10H2,1-2H3,(H,30,31)(H,28,29,32);1H. The number of aromatic nitrogens is 1. The number of nitrogens with one attached hydrogen (secondary N) is 1. The molecule has 0 atom stereocenters. The van der Waals surface area contributed by atoms with Crippen molar-refractivity contribution in [3.8, 4) is 28.5 Å². The average molecular weight is 484 g/mol. The second-order valence-corrected chi connectivity index (χ2v) is 8.45. The first-order valence-electron chi connectivity index (χ1n) is 10.7. The monoisotopic (exact) mass is 484 g/mol. The van der Waals surface area contributed by atoms with Gasteiger partial charge in [-0.2, -0.15) is 0 Å². The van der Waals surface area contributed by atoms with Crippen LogP contribution >= 0.6 is 0 Å². The Morgan fingerprint density at radius 3 is 2.51 bits per heavy atom. The molecule has 2 aromatic carbocycles. The van der Waals surface area contributed by atoms with Crippen molar-refractivity contribution in [1.82, 2.24) is 4.98 Å². The molecule has 8 nitrogen and oxygen atoms in total. The molecular weight excluding hydrogens is 462 g/mol. The molecule has 0 radical (unpaired) electrons. The van der Waals surface area contributed by atoms with Crippen LogP contribution in [0.3, 0.4) is 0 Å². The normalized spacial score (nSPS) is 16.5. The van der Waals surface area contributed by atoms with Gasteiger partial charge in [0.05, 0.1) is 23.8 Å². The first kappa shape index (κ1) is 22.6. The highest BCUT2D eigenvalue weighted by molar-refractivity contribution is 6.01. The van der Waals surface area contributed by atoms with E-state index in [1.807, 2.05) is 6.92 Å². The summed E-state index contributed by atoms with van der Waals surface area (Å²) in [7, 11) is 1.47. The van der Waals surface area contributed by atoms with Crippen LogP contribution in [0.4, 0.5) is 14.6 Å². The zero-order chi connectivity index (χ0) is 25.0. The molecule has 0 saturated heterocycles. The van der Waals surface area contributed by atoms with E-state index in [9.17, 15) is 23.5 Å². The topological polar surface area (TPSA) is 107 Å². The Labute approximate surface area is 199 Å². The molecule has 35 heavy (non-hydrogen) atoms. The molecule has 1 aliphatic heterocycles. The number of methoxy groups -OCH3 is 1. The number of halogens is 2. The zero-order valence-corrected chi connectivity index (χ0v) is 18.7. The fourth-order valence-corrected chi connectivity index (χ4v) is 4.15. The number of carbonyl (C=O) groups excluding carboxylic acids is 1. The third-order valence-corrected chi connectivity index (χ3v) is 6.18. The Morgan fingerprint density at radius 1 is 1.09 bits per heavy atom. The number of nitrogens with zero attached hydrogens (tertiary/aromatic N) is 1. The van der Waals surface area contributed by atoms with Gasteiger partial charge in [0, 0.05) is 6.99 Å². The van der Waals surface area contributed by atoms with Gasteiger partial charge in [0.15, 0.2) is 11.5 Å². The number of pyridine rings is 1. The highest BCUT2D eigenvalue weighted by Crippen LogP contribution is 2.52. The van der Waals surface area contributed by atoms with Gasteiger partial charge in [-0.05, 0) is 67.3 Å². The Hall–Kier alpha value is -4.21. The van der Waals surface area contributed by atoms with Gasteiger partial charge >= 0.3 is 12.3 Å². The molecule has 3 aromatic rings. The van der Waals surface area contributed by atoms with Crippen LogP contribution in [-0.2, 0) is 10.2 Å². The summed E-state index contributed by atoms with van der Waals surface area (Å²) in [5.74, 6) is -0.934. The highest BCUT2D eigenvalue weighted by atomic mass is 19.3. The molecule has 2 aliphatic rings. The number of fused-ring (bicyclic) bond motifs is 1. The molecule has 10 heteroatoms. The van der Waals surface area contributed by atoms with Crippen LogP contribution in [0.5, 0.6) is 17.2 Å². The minimum absolute atomic E-state index is 0. The van der Waals surface area contributed by atoms with Crippen LogP contribution in [0, 0.1) is 6.92 Å². The van der Waals surface area contributed by atoms with Crippen molar-refractivity contribution in [2.24, 2.45) is 0 Å². The number of benzene rings is 2. The number of amides is 1. The molecular formula is C25H22F2N2O6. The van der Waals surface area contributed by atoms with Gasteiger partial charge in [-0.15, -0.1) is 8.78 Å². The second kappa shape index (κ2) is 7.93. The van der Waals surface area contributed by atoms with E-state index in [0.717, 1.165) is 5.56 Å². The third-order valence-electron chi connectivity index (χ3n) is 6.18. The van der Waals surface area contributed by atoms with E-state index in [1.165, 1.54) is 31.4 Å². The maximum Gasteiger partial charge on any atom is 0.586 e. The van der Waals surface area contributed by atoms with Crippen molar-refractivity contribution in [3.05, 3.63) is 65.2 Å². The summed E-state index contributed by atoms with van der Waals surface area (Å²) in [5, 5.41) is 12.2. The van der Waals surface area contributed by atoms with Crippen molar-refractivity contribution >= 4 is 17.7 Å². The number of aromatic carboxylic acids is 1. The number of carboxylic acid groups (broad SMARTS) is 1. The molecule has 1 aromatic heterocycles. The molecule has 1 saturated carbocycles. The fourth-order valence-electron chi connectivity index (χ4n) is 4.15. The molecule has 2 N–H and O–H groups in total. The molecule has 5 rings (SSSR count). The van der Waals surface area contributed by atoms with Gasteiger partial charge in [0.25, 0.3) is 0 Å². The molecule has 0 unspecified atom stereocenters. The number of carbonyl (C=O) groups is 2. The van der Waals surface area contributed by atoms with E-state index >= 15 is 0 Å². The van der Waals surface area contributed by atoms with Crippen LogP contribution < -0.4 is 19.5 Å². The minimum atomic E-state index is -3.73. The molecule has 182 valence electrons. The van der Waals surface area contributed by atoms with Gasteiger partial charge in [-0.25, -0.2) is 9.78 Å². The van der Waals surface area contributed by atoms with E-state index in [-0.39, 0.29) is 30.2 Å². The fraction of sp³-hybridized carbons (Fsp3) is 0.240. The van der Waals surface area contributed by atoms with E-state index in [1.54, 1.807) is 24.3 Å². The van der Waals surface area contributed by atoms with Crippen molar-refractivity contribution in [1.29, 1.82) is 0 Å². The molecule has 1 aliphatic carbocycles. The lowest BCUT2D eigenvalue weighted by molar-refractivity contribution is -0.286. The number of hydrogen-bond acceptors (Lipinski definition) is 6. The van der Waals surface area contributed by atoms with Crippen LogP contribution in [0.1, 0.15) is 35.8 Å². The summed E-state index contributed by atoms with van der Waals surface area (Å²) < 4.78 is 41.1. The van der Waals surface area contributed by atoms with Crippen LogP contribution in [-0.4, -0.2) is 35.4 Å². The molecule has 0 bridgehead atoms. The first-order chi connectivity index (χ1) is 16.6. The van der Waals surface area contributed by atoms with Crippen LogP contribution in [0.15, 0.2) is 48.5 Å². The zero-order valence-electron chi connectivity index (χ0n) is 18.7. The van der Waals surface area contributed by atoms with Gasteiger partial charge in [0.1, 0.15) is 11.6 Å². The summed E-state index contributed by atoms with van der Waals surface area (Å²) in [6, 6.07) is 12.2. The van der Waals surface area contributed by atoms with E-state index in [0.29, 0.717) is 35.4 Å². The first-order valence-corrected chi connectivity index (χ1v) is 10.7. The predicted octanol–water partition coefficient (Wildman–Crippen LogP) is 5.00. The number of ether oxygens (including phenoxy) is 3. The largest absolute Gasteiger partial charge is 0.586 e. The Balaban J connectivity index is 0.00000304. The molecule has 1 amide bonds. The van der Waals surface area contributed by atoms with Crippen LogP contribution in [0.25, 0.3) is 11.3 Å².